The normalized spacial score (nSPS) is 13.1. The fraction of sp³-hybridized carbons (Fsp3) is 0.400. The summed E-state index contributed by atoms with van der Waals surface area (Å²) in [6.07, 6.45) is 1.04. The van der Waals surface area contributed by atoms with E-state index in [0.717, 1.165) is 12.8 Å². The van der Waals surface area contributed by atoms with Gasteiger partial charge >= 0.3 is 6.09 Å². The number of benzene rings is 1. The molecule has 2 heterocycles. The van der Waals surface area contributed by atoms with Crippen molar-refractivity contribution in [2.45, 2.75) is 51.0 Å². The van der Waals surface area contributed by atoms with Crippen LogP contribution < -0.4 is 26.0 Å². The lowest BCUT2D eigenvalue weighted by Gasteiger charge is -2.21. The summed E-state index contributed by atoms with van der Waals surface area (Å²) in [5, 5.41) is 23.1. The molecular weight excluding hydrogens is 541 g/mol. The van der Waals surface area contributed by atoms with Crippen LogP contribution in [0.2, 0.25) is 0 Å². The molecule has 14 nitrogen and oxygen atoms in total. The second-order valence-corrected chi connectivity index (χ2v) is 11.8. The summed E-state index contributed by atoms with van der Waals surface area (Å²) in [4.78, 5) is 41.8. The van der Waals surface area contributed by atoms with Crippen molar-refractivity contribution in [3.05, 3.63) is 35.9 Å². The van der Waals surface area contributed by atoms with E-state index < -0.39 is 22.8 Å². The molecule has 0 saturated heterocycles. The number of alkyl carbamates (subject to hydrolysis) is 1. The van der Waals surface area contributed by atoms with Crippen molar-refractivity contribution in [1.29, 1.82) is 0 Å². The van der Waals surface area contributed by atoms with Gasteiger partial charge in [-0.3, -0.25) is 9.59 Å². The summed E-state index contributed by atoms with van der Waals surface area (Å²) in [6.45, 7) is 5.25. The number of ether oxygens (including phenoxy) is 2. The van der Waals surface area contributed by atoms with Crippen LogP contribution in [0.3, 0.4) is 0 Å². The van der Waals surface area contributed by atoms with E-state index >= 15 is 0 Å². The number of rotatable bonds is 10. The third-order valence-corrected chi connectivity index (χ3v) is 5.68. The lowest BCUT2D eigenvalue weighted by atomic mass is 9.49. The summed E-state index contributed by atoms with van der Waals surface area (Å²) < 4.78 is 16.2. The summed E-state index contributed by atoms with van der Waals surface area (Å²) in [5.41, 5.74) is 0.622. The zero-order valence-corrected chi connectivity index (χ0v) is 24.7. The molecule has 0 radical (unpaired) electrons. The monoisotopic (exact) mass is 574 g/mol. The highest BCUT2D eigenvalue weighted by Gasteiger charge is 2.30. The van der Waals surface area contributed by atoms with Crippen molar-refractivity contribution in [3.8, 4) is 17.1 Å². The molecule has 0 atom stereocenters. The predicted molar refractivity (Wildman–Crippen MR) is 162 cm³/mol. The van der Waals surface area contributed by atoms with Crippen LogP contribution in [-0.4, -0.2) is 79.7 Å². The lowest BCUT2D eigenvalue weighted by Crippen LogP contribution is -2.50. The second kappa shape index (κ2) is 12.1. The molecule has 3 amide bonds. The Bertz CT molecular complexity index is 1480. The zero-order valence-electron chi connectivity index (χ0n) is 24.7. The van der Waals surface area contributed by atoms with E-state index in [1.54, 1.807) is 45.0 Å². The average Bonchev–Trinajstić information content (AvgIpc) is 3.63. The maximum absolute atomic E-state index is 13.1. The first kappa shape index (κ1) is 30.4. The quantitative estimate of drug-likeness (QED) is 0.237. The van der Waals surface area contributed by atoms with E-state index in [-0.39, 0.29) is 41.6 Å². The number of carbonyl (C=O) groups is 3. The minimum absolute atomic E-state index is 0.0249. The van der Waals surface area contributed by atoms with Gasteiger partial charge in [0, 0.05) is 12.0 Å². The van der Waals surface area contributed by atoms with Gasteiger partial charge in [0.2, 0.25) is 17.6 Å². The van der Waals surface area contributed by atoms with Crippen molar-refractivity contribution in [2.24, 2.45) is 5.92 Å². The topological polar surface area (TPSA) is 182 Å². The minimum Gasteiger partial charge on any atom is -0.494 e. The Morgan fingerprint density at radius 2 is 1.83 bits per heavy atom. The highest BCUT2D eigenvalue weighted by Crippen LogP contribution is 2.37. The fourth-order valence-corrected chi connectivity index (χ4v) is 3.76. The first-order valence-electron chi connectivity index (χ1n) is 13.5. The molecule has 218 valence electrons. The number of nitrogens with zero attached hydrogens (tertiary/aromatic N) is 4. The Morgan fingerprint density at radius 1 is 1.10 bits per heavy atom. The van der Waals surface area contributed by atoms with Crippen molar-refractivity contribution < 1.29 is 28.4 Å². The molecule has 17 heteroatoms. The van der Waals surface area contributed by atoms with Crippen molar-refractivity contribution in [2.75, 3.05) is 17.7 Å². The first-order chi connectivity index (χ1) is 19.7. The molecule has 3 aromatic rings. The SMILES string of the molecule is BC(B)(B)NC(=O)c1nnc(NC(=O)C2CC2)cc1Nc1cccc(-c2noc(CNC(=O)OC(C)(C)C)n2)c1OC. The van der Waals surface area contributed by atoms with E-state index in [9.17, 15) is 14.4 Å². The number of anilines is 3. The number of amides is 3. The smallest absolute Gasteiger partial charge is 0.408 e. The maximum atomic E-state index is 13.1. The first-order valence-corrected chi connectivity index (χ1v) is 13.5. The Hall–Kier alpha value is -4.56. The summed E-state index contributed by atoms with van der Waals surface area (Å²) in [6, 6.07) is 6.77. The average molecular weight is 574 g/mol. The van der Waals surface area contributed by atoms with Gasteiger partial charge in [-0.25, -0.2) is 4.79 Å². The van der Waals surface area contributed by atoms with Gasteiger partial charge < -0.3 is 35.3 Å². The van der Waals surface area contributed by atoms with Gasteiger partial charge in [0.25, 0.3) is 5.91 Å². The van der Waals surface area contributed by atoms with Crippen LogP contribution in [0.5, 0.6) is 5.75 Å². The molecule has 0 spiro atoms. The van der Waals surface area contributed by atoms with Crippen LogP contribution in [0, 0.1) is 5.92 Å². The van der Waals surface area contributed by atoms with Crippen LogP contribution in [-0.2, 0) is 16.1 Å². The second-order valence-electron chi connectivity index (χ2n) is 11.8. The molecule has 1 aromatic carbocycles. The Labute approximate surface area is 245 Å². The highest BCUT2D eigenvalue weighted by molar-refractivity contribution is 6.60. The van der Waals surface area contributed by atoms with Crippen LogP contribution in [0.1, 0.15) is 50.0 Å². The van der Waals surface area contributed by atoms with E-state index in [4.69, 9.17) is 14.0 Å². The largest absolute Gasteiger partial charge is 0.494 e. The van der Waals surface area contributed by atoms with Gasteiger partial charge in [-0.15, -0.1) is 10.2 Å². The molecule has 4 N–H and O–H groups in total. The Balaban J connectivity index is 1.61. The minimum atomic E-state index is -0.647. The van der Waals surface area contributed by atoms with Gasteiger partial charge in [0.1, 0.15) is 35.7 Å². The third-order valence-electron chi connectivity index (χ3n) is 5.68. The van der Waals surface area contributed by atoms with Gasteiger partial charge in [0.05, 0.1) is 24.0 Å². The molecular formula is C25H33B3N8O6. The fourth-order valence-electron chi connectivity index (χ4n) is 3.76. The Kier molecular flexibility index (Phi) is 8.78. The molecule has 42 heavy (non-hydrogen) atoms. The summed E-state index contributed by atoms with van der Waals surface area (Å²) in [5.74, 6) is 0.302. The van der Waals surface area contributed by atoms with E-state index in [1.807, 2.05) is 23.5 Å². The number of hydrogen-bond donors (Lipinski definition) is 4. The number of nitrogens with one attached hydrogen (secondary N) is 4. The highest BCUT2D eigenvalue weighted by atomic mass is 16.6. The number of hydrogen-bond acceptors (Lipinski definition) is 11. The molecule has 0 unspecified atom stereocenters. The number of aromatic nitrogens is 4. The van der Waals surface area contributed by atoms with Crippen LogP contribution in [0.15, 0.2) is 28.8 Å². The van der Waals surface area contributed by atoms with Gasteiger partial charge in [-0.1, -0.05) is 11.2 Å². The molecule has 1 saturated carbocycles. The standard InChI is InChI=1S/C25H33B3N8O6/c1-24(2,3)41-23(39)29-11-17-32-20(36-42-17)13-6-5-7-14(19(13)40-4)30-15-10-16(31-21(37)12-8-9-12)34-35-18(15)22(38)33-25(26,27)28/h5-7,10,12H,8-9,11,26-28H2,1-4H3,(H,29,39)(H,33,38)(H2,30,31,34,37). The number of methoxy groups -OCH3 is 1. The number of para-hydroxylation sites is 1. The van der Waals surface area contributed by atoms with E-state index in [2.05, 4.69) is 41.6 Å². The molecule has 0 aliphatic heterocycles. The Morgan fingerprint density at radius 3 is 2.48 bits per heavy atom. The van der Waals surface area contributed by atoms with Gasteiger partial charge in [-0.2, -0.15) is 4.98 Å². The predicted octanol–water partition coefficient (Wildman–Crippen LogP) is -0.108. The van der Waals surface area contributed by atoms with Crippen LogP contribution in [0.4, 0.5) is 22.0 Å². The van der Waals surface area contributed by atoms with Crippen molar-refractivity contribution in [1.82, 2.24) is 31.0 Å². The molecule has 1 fully saturated rings. The summed E-state index contributed by atoms with van der Waals surface area (Å²) in [7, 11) is 7.04. The van der Waals surface area contributed by atoms with Crippen molar-refractivity contribution >= 4 is 58.6 Å². The van der Waals surface area contributed by atoms with Crippen molar-refractivity contribution in [3.63, 3.8) is 0 Å². The van der Waals surface area contributed by atoms with E-state index in [0.29, 0.717) is 22.7 Å². The molecule has 2 aromatic heterocycles. The van der Waals surface area contributed by atoms with Gasteiger partial charge in [0.15, 0.2) is 17.3 Å². The number of carbonyl (C=O) groups excluding carboxylic acids is 3. The lowest BCUT2D eigenvalue weighted by molar-refractivity contribution is -0.117. The summed E-state index contributed by atoms with van der Waals surface area (Å²) >= 11 is 0. The van der Waals surface area contributed by atoms with Gasteiger partial charge in [-0.05, 0) is 51.0 Å². The zero-order chi connectivity index (χ0) is 30.7. The van der Waals surface area contributed by atoms with Crippen LogP contribution in [0.25, 0.3) is 11.4 Å². The van der Waals surface area contributed by atoms with E-state index in [1.165, 1.54) is 7.11 Å². The molecule has 0 bridgehead atoms. The molecule has 4 rings (SSSR count). The maximum Gasteiger partial charge on any atom is 0.408 e. The third kappa shape index (κ3) is 8.24. The van der Waals surface area contributed by atoms with Crippen LogP contribution >= 0.6 is 0 Å². The molecule has 1 aliphatic rings. The molecule has 1 aliphatic carbocycles.